The van der Waals surface area contributed by atoms with Crippen molar-refractivity contribution >= 4 is 38.7 Å². The molecule has 144 valence electrons. The van der Waals surface area contributed by atoms with Crippen LogP contribution in [0, 0.1) is 10.1 Å². The first kappa shape index (κ1) is 22.3. The lowest BCUT2D eigenvalue weighted by atomic mass is 10.1. The summed E-state index contributed by atoms with van der Waals surface area (Å²) >= 11 is 5.78. The standard InChI is InChI=1S/C9H9F3N.C4H2ClNO5S2/c1-13-6-7-2-4-8(5-3-7)9(10,11)12;5-4-2(6(7)8)1-3(12-4)13(9,10)11/h2-5H,6H2,1H3;1H,(H,9,10,11)/q-1;. The third-order valence-electron chi connectivity index (χ3n) is 2.72. The lowest BCUT2D eigenvalue weighted by molar-refractivity contribution is -0.384. The zero-order chi connectivity index (χ0) is 20.1. The molecule has 0 aliphatic carbocycles. The van der Waals surface area contributed by atoms with Crippen LogP contribution in [0.2, 0.25) is 4.34 Å². The molecule has 7 nitrogen and oxygen atoms in total. The van der Waals surface area contributed by atoms with Crippen LogP contribution in [0.15, 0.2) is 34.5 Å². The molecule has 1 aromatic carbocycles. The molecule has 1 N–H and O–H groups in total. The Morgan fingerprint density at radius 3 is 2.15 bits per heavy atom. The van der Waals surface area contributed by atoms with Gasteiger partial charge in [0.25, 0.3) is 5.69 Å². The summed E-state index contributed by atoms with van der Waals surface area (Å²) in [5, 5.41) is 14.0. The lowest BCUT2D eigenvalue weighted by Crippen LogP contribution is -2.04. The van der Waals surface area contributed by atoms with Crippen LogP contribution in [0.1, 0.15) is 11.1 Å². The van der Waals surface area contributed by atoms with Crippen molar-refractivity contribution in [3.05, 3.63) is 61.2 Å². The SMILES string of the molecule is C[N-]Cc1ccc(C(F)(F)F)cc1.O=[N+]([O-])c1cc(S(=O)(=O)O)sc1Cl. The molecule has 0 radical (unpaired) electrons. The summed E-state index contributed by atoms with van der Waals surface area (Å²) in [7, 11) is -2.79. The van der Waals surface area contributed by atoms with Gasteiger partial charge in [-0.3, -0.25) is 14.7 Å². The molecule has 1 heterocycles. The summed E-state index contributed by atoms with van der Waals surface area (Å²) < 4.78 is 64.9. The topological polar surface area (TPSA) is 112 Å². The van der Waals surface area contributed by atoms with Crippen LogP contribution >= 0.6 is 22.9 Å². The van der Waals surface area contributed by atoms with E-state index >= 15 is 0 Å². The summed E-state index contributed by atoms with van der Waals surface area (Å²) in [6.45, 7) is 0.456. The molecule has 0 unspecified atom stereocenters. The summed E-state index contributed by atoms with van der Waals surface area (Å²) in [5.41, 5.74) is -0.359. The number of rotatable bonds is 4. The van der Waals surface area contributed by atoms with E-state index in [0.717, 1.165) is 17.7 Å². The molecule has 26 heavy (non-hydrogen) atoms. The normalized spacial score (nSPS) is 11.6. The Kier molecular flexibility index (Phi) is 7.53. The lowest BCUT2D eigenvalue weighted by Gasteiger charge is -2.12. The maximum Gasteiger partial charge on any atom is 0.416 e. The third-order valence-corrected chi connectivity index (χ3v) is 5.36. The van der Waals surface area contributed by atoms with E-state index in [9.17, 15) is 31.7 Å². The van der Waals surface area contributed by atoms with Gasteiger partial charge in [-0.05, 0) is 12.1 Å². The van der Waals surface area contributed by atoms with Crippen LogP contribution in [0.3, 0.4) is 0 Å². The molecule has 0 atom stereocenters. The molecule has 0 spiro atoms. The van der Waals surface area contributed by atoms with Gasteiger partial charge in [-0.25, -0.2) is 0 Å². The van der Waals surface area contributed by atoms with Gasteiger partial charge in [-0.1, -0.05) is 29.3 Å². The number of nitro groups is 1. The average molecular weight is 432 g/mol. The highest BCUT2D eigenvalue weighted by molar-refractivity contribution is 7.88. The van der Waals surface area contributed by atoms with Gasteiger partial charge in [0.2, 0.25) is 0 Å². The highest BCUT2D eigenvalue weighted by Gasteiger charge is 2.29. The number of alkyl halides is 3. The molecular weight excluding hydrogens is 421 g/mol. The smallest absolute Gasteiger partial charge is 0.416 e. The van der Waals surface area contributed by atoms with Crippen LogP contribution in [-0.2, 0) is 22.8 Å². The molecule has 0 aliphatic rings. The zero-order valence-electron chi connectivity index (χ0n) is 12.9. The molecule has 0 saturated heterocycles. The fraction of sp³-hybridized carbons (Fsp3) is 0.231. The van der Waals surface area contributed by atoms with E-state index in [1.807, 2.05) is 0 Å². The largest absolute Gasteiger partial charge is 0.661 e. The minimum absolute atomic E-state index is 0.280. The Labute approximate surface area is 155 Å². The summed E-state index contributed by atoms with van der Waals surface area (Å²) in [6, 6.07) is 5.73. The minimum atomic E-state index is -4.41. The second-order valence-corrected chi connectivity index (χ2v) is 7.93. The van der Waals surface area contributed by atoms with E-state index in [1.165, 1.54) is 12.1 Å². The zero-order valence-corrected chi connectivity index (χ0v) is 15.3. The Morgan fingerprint density at radius 1 is 1.31 bits per heavy atom. The molecule has 0 amide bonds. The predicted octanol–water partition coefficient (Wildman–Crippen LogP) is 4.77. The first-order chi connectivity index (χ1) is 11.9. The van der Waals surface area contributed by atoms with Gasteiger partial charge in [0.15, 0.2) is 8.55 Å². The molecule has 2 rings (SSSR count). The first-order valence-electron chi connectivity index (χ1n) is 6.49. The van der Waals surface area contributed by atoms with Gasteiger partial charge in [0, 0.05) is 6.07 Å². The van der Waals surface area contributed by atoms with Gasteiger partial charge < -0.3 is 5.32 Å². The Morgan fingerprint density at radius 2 is 1.85 bits per heavy atom. The monoisotopic (exact) mass is 431 g/mol. The van der Waals surface area contributed by atoms with Gasteiger partial charge in [0.1, 0.15) is 0 Å². The number of hydrogen-bond acceptors (Lipinski definition) is 5. The van der Waals surface area contributed by atoms with Crippen molar-refractivity contribution in [2.45, 2.75) is 16.9 Å². The summed E-state index contributed by atoms with van der Waals surface area (Å²) in [6.07, 6.45) is -4.25. The molecule has 0 aliphatic heterocycles. The van der Waals surface area contributed by atoms with Crippen molar-refractivity contribution in [3.8, 4) is 0 Å². The van der Waals surface area contributed by atoms with E-state index in [1.54, 1.807) is 7.05 Å². The quantitative estimate of drug-likeness (QED) is 0.426. The molecule has 2 aromatic rings. The number of thiophene rings is 1. The van der Waals surface area contributed by atoms with Crippen LogP contribution in [0.4, 0.5) is 18.9 Å². The molecular formula is C13H11ClF3N2O5S2-. The second kappa shape index (κ2) is 8.77. The first-order valence-corrected chi connectivity index (χ1v) is 9.12. The van der Waals surface area contributed by atoms with Gasteiger partial charge in [-0.2, -0.15) is 28.6 Å². The Hall–Kier alpha value is -1.73. The second-order valence-electron chi connectivity index (χ2n) is 4.63. The van der Waals surface area contributed by atoms with Crippen molar-refractivity contribution in [2.75, 3.05) is 7.05 Å². The van der Waals surface area contributed by atoms with E-state index in [0.29, 0.717) is 23.9 Å². The number of hydrogen-bond donors (Lipinski definition) is 1. The molecule has 13 heteroatoms. The maximum atomic E-state index is 12.1. The van der Waals surface area contributed by atoms with Crippen molar-refractivity contribution in [2.24, 2.45) is 0 Å². The maximum absolute atomic E-state index is 12.1. The molecule has 0 saturated carbocycles. The summed E-state index contributed by atoms with van der Waals surface area (Å²) in [4.78, 5) is 9.39. The average Bonchev–Trinajstić information content (AvgIpc) is 2.90. The van der Waals surface area contributed by atoms with E-state index < -0.39 is 36.7 Å². The Balaban J connectivity index is 0.000000260. The van der Waals surface area contributed by atoms with Crippen molar-refractivity contribution < 1.29 is 31.1 Å². The number of benzene rings is 1. The van der Waals surface area contributed by atoms with Crippen molar-refractivity contribution in [1.82, 2.24) is 0 Å². The molecule has 1 aromatic heterocycles. The molecule has 0 fully saturated rings. The minimum Gasteiger partial charge on any atom is -0.661 e. The third kappa shape index (κ3) is 6.53. The van der Waals surface area contributed by atoms with E-state index in [4.69, 9.17) is 16.2 Å². The van der Waals surface area contributed by atoms with Crippen LogP contribution < -0.4 is 0 Å². The molecule has 0 bridgehead atoms. The van der Waals surface area contributed by atoms with Gasteiger partial charge in [-0.15, -0.1) is 17.9 Å². The van der Waals surface area contributed by atoms with E-state index in [-0.39, 0.29) is 4.34 Å². The van der Waals surface area contributed by atoms with Crippen molar-refractivity contribution in [3.63, 3.8) is 0 Å². The fourth-order valence-corrected chi connectivity index (χ4v) is 3.60. The van der Waals surface area contributed by atoms with Crippen LogP contribution in [0.25, 0.3) is 5.32 Å². The Bertz CT molecular complexity index is 867. The van der Waals surface area contributed by atoms with Gasteiger partial charge >= 0.3 is 16.3 Å². The van der Waals surface area contributed by atoms with Gasteiger partial charge in [0.05, 0.1) is 10.5 Å². The number of nitrogens with zero attached hydrogens (tertiary/aromatic N) is 2. The summed E-state index contributed by atoms with van der Waals surface area (Å²) in [5.74, 6) is 0. The fourth-order valence-electron chi connectivity index (χ4n) is 1.57. The van der Waals surface area contributed by atoms with Crippen molar-refractivity contribution in [1.29, 1.82) is 0 Å². The van der Waals surface area contributed by atoms with Crippen LogP contribution in [0.5, 0.6) is 0 Å². The highest BCUT2D eigenvalue weighted by atomic mass is 35.5. The highest BCUT2D eigenvalue weighted by Crippen LogP contribution is 2.35. The van der Waals surface area contributed by atoms with Crippen LogP contribution in [-0.4, -0.2) is 24.9 Å². The van der Waals surface area contributed by atoms with E-state index in [2.05, 4.69) is 5.32 Å². The predicted molar refractivity (Wildman–Crippen MR) is 90.2 cm³/mol. The number of halogens is 4.